The molecular weight excluding hydrogens is 460 g/mol. The summed E-state index contributed by atoms with van der Waals surface area (Å²) in [4.78, 5) is 44.4. The number of ether oxygens (including phenoxy) is 2. The van der Waals surface area contributed by atoms with Gasteiger partial charge >= 0.3 is 12.2 Å². The number of nitro groups is 2. The molecule has 0 spiro atoms. The van der Waals surface area contributed by atoms with Crippen LogP contribution in [0.25, 0.3) is 0 Å². The maximum atomic E-state index is 11.7. The summed E-state index contributed by atoms with van der Waals surface area (Å²) >= 11 is 0. The van der Waals surface area contributed by atoms with E-state index in [1.54, 1.807) is 48.6 Å². The Labute approximate surface area is 203 Å². The minimum Gasteiger partial charge on any atom is -0.444 e. The van der Waals surface area contributed by atoms with Gasteiger partial charge in [-0.3, -0.25) is 30.4 Å². The van der Waals surface area contributed by atoms with E-state index in [1.807, 2.05) is 0 Å². The number of benzene rings is 2. The largest absolute Gasteiger partial charge is 0.444 e. The zero-order valence-electron chi connectivity index (χ0n) is 20.7. The van der Waals surface area contributed by atoms with E-state index >= 15 is 0 Å². The molecule has 0 unspecified atom stereocenters. The molecule has 0 radical (unpaired) electrons. The zero-order chi connectivity index (χ0) is 27.0. The van der Waals surface area contributed by atoms with Crippen LogP contribution in [0.1, 0.15) is 41.5 Å². The van der Waals surface area contributed by atoms with Crippen molar-refractivity contribution < 1.29 is 28.9 Å². The Hall–Kier alpha value is -4.22. The summed E-state index contributed by atoms with van der Waals surface area (Å²) in [6, 6.07) is 11.2. The van der Waals surface area contributed by atoms with E-state index in [0.29, 0.717) is 11.4 Å². The molecule has 12 nitrogen and oxygen atoms in total. The Bertz CT molecular complexity index is 1040. The van der Waals surface area contributed by atoms with E-state index in [-0.39, 0.29) is 11.4 Å². The summed E-state index contributed by atoms with van der Waals surface area (Å²) in [6.45, 7) is 10.6. The van der Waals surface area contributed by atoms with Gasteiger partial charge in [-0.1, -0.05) is 0 Å². The first-order valence-electron chi connectivity index (χ1n) is 10.4. The molecule has 0 aliphatic rings. The number of anilines is 2. The number of nitrogens with one attached hydrogen (secondary N) is 1. The Morgan fingerprint density at radius 3 is 1.54 bits per heavy atom. The lowest BCUT2D eigenvalue weighted by Gasteiger charge is -2.24. The first kappa shape index (κ1) is 28.8. The first-order valence-corrected chi connectivity index (χ1v) is 10.4. The van der Waals surface area contributed by atoms with Crippen molar-refractivity contribution in [1.82, 2.24) is 0 Å². The number of hydrogen-bond acceptors (Lipinski definition) is 8. The molecule has 0 bridgehead atoms. The highest BCUT2D eigenvalue weighted by atomic mass is 16.6. The summed E-state index contributed by atoms with van der Waals surface area (Å²) < 4.78 is 10.2. The van der Waals surface area contributed by atoms with Gasteiger partial charge in [0.25, 0.3) is 11.4 Å². The predicted molar refractivity (Wildman–Crippen MR) is 131 cm³/mol. The summed E-state index contributed by atoms with van der Waals surface area (Å²) in [5.74, 6) is 0. The molecule has 0 aromatic heterocycles. The van der Waals surface area contributed by atoms with Crippen molar-refractivity contribution >= 4 is 34.9 Å². The maximum Gasteiger partial charge on any atom is 0.414 e. The van der Waals surface area contributed by atoms with Crippen LogP contribution in [0.5, 0.6) is 0 Å². The molecule has 1 N–H and O–H groups in total. The van der Waals surface area contributed by atoms with E-state index < -0.39 is 33.2 Å². The normalized spacial score (nSPS) is 10.8. The minimum atomic E-state index is -0.591. The molecule has 0 atom stereocenters. The van der Waals surface area contributed by atoms with Crippen LogP contribution >= 0.6 is 0 Å². The second-order valence-corrected chi connectivity index (χ2v) is 9.24. The van der Waals surface area contributed by atoms with Gasteiger partial charge in [-0.25, -0.2) is 9.59 Å². The minimum absolute atomic E-state index is 0.0173. The van der Waals surface area contributed by atoms with Gasteiger partial charge in [0.2, 0.25) is 0 Å². The molecular formula is C23H30N4O8. The van der Waals surface area contributed by atoms with Crippen LogP contribution in [0.4, 0.5) is 32.3 Å². The molecule has 35 heavy (non-hydrogen) atoms. The van der Waals surface area contributed by atoms with Gasteiger partial charge in [-0.15, -0.1) is 0 Å². The fourth-order valence-electron chi connectivity index (χ4n) is 2.32. The summed E-state index contributed by atoms with van der Waals surface area (Å²) in [5, 5.41) is 23.4. The zero-order valence-corrected chi connectivity index (χ0v) is 20.7. The summed E-state index contributed by atoms with van der Waals surface area (Å²) in [6.07, 6.45) is -1.09. The van der Waals surface area contributed by atoms with Gasteiger partial charge in [-0.2, -0.15) is 0 Å². The van der Waals surface area contributed by atoms with E-state index in [1.165, 1.54) is 53.4 Å². The van der Waals surface area contributed by atoms with E-state index in [2.05, 4.69) is 5.32 Å². The first-order chi connectivity index (χ1) is 16.0. The molecule has 2 rings (SSSR count). The lowest BCUT2D eigenvalue weighted by atomic mass is 10.2. The second-order valence-electron chi connectivity index (χ2n) is 9.24. The van der Waals surface area contributed by atoms with Crippen LogP contribution in [0, 0.1) is 20.2 Å². The van der Waals surface area contributed by atoms with Crippen molar-refractivity contribution in [2.45, 2.75) is 52.7 Å². The van der Waals surface area contributed by atoms with Crippen LogP contribution < -0.4 is 10.2 Å². The SMILES string of the molecule is CC(C)(C)OC(=O)Nc1ccc([N+](=O)[O-])cc1.CN(C(=O)OC(C)(C)C)c1ccc([N+](=O)[O-])cc1. The van der Waals surface area contributed by atoms with Crippen LogP contribution in [-0.2, 0) is 9.47 Å². The van der Waals surface area contributed by atoms with Crippen LogP contribution in [0.15, 0.2) is 48.5 Å². The van der Waals surface area contributed by atoms with Crippen LogP contribution in [0.2, 0.25) is 0 Å². The lowest BCUT2D eigenvalue weighted by Crippen LogP contribution is -2.34. The average Bonchev–Trinajstić information content (AvgIpc) is 2.71. The molecule has 0 saturated heterocycles. The maximum absolute atomic E-state index is 11.7. The molecule has 2 amide bonds. The molecule has 0 fully saturated rings. The molecule has 190 valence electrons. The predicted octanol–water partition coefficient (Wildman–Crippen LogP) is 5.91. The van der Waals surface area contributed by atoms with Crippen molar-refractivity contribution in [2.75, 3.05) is 17.3 Å². The monoisotopic (exact) mass is 490 g/mol. The van der Waals surface area contributed by atoms with Crippen molar-refractivity contribution in [3.05, 3.63) is 68.8 Å². The number of nitrogens with zero attached hydrogens (tertiary/aromatic N) is 3. The smallest absolute Gasteiger partial charge is 0.414 e. The van der Waals surface area contributed by atoms with Gasteiger partial charge in [0.15, 0.2) is 0 Å². The average molecular weight is 491 g/mol. The number of carbonyl (C=O) groups is 2. The number of carbonyl (C=O) groups excluding carboxylic acids is 2. The molecule has 2 aromatic carbocycles. The third kappa shape index (κ3) is 11.0. The van der Waals surface area contributed by atoms with Gasteiger partial charge in [0.1, 0.15) is 11.2 Å². The molecule has 2 aromatic rings. The Morgan fingerprint density at radius 2 is 1.17 bits per heavy atom. The summed E-state index contributed by atoms with van der Waals surface area (Å²) in [7, 11) is 1.55. The van der Waals surface area contributed by atoms with Gasteiger partial charge in [0.05, 0.1) is 9.85 Å². The highest BCUT2D eigenvalue weighted by molar-refractivity contribution is 5.87. The van der Waals surface area contributed by atoms with Crippen molar-refractivity contribution in [3.8, 4) is 0 Å². The Kier molecular flexibility index (Phi) is 9.69. The molecule has 0 aliphatic carbocycles. The standard InChI is InChI=1S/C12H16N2O4.C11H14N2O4/c1-12(2,3)18-11(15)13(4)9-5-7-10(8-6-9)14(16)17;1-11(2,3)17-10(14)12-8-4-6-9(7-5-8)13(15)16/h5-8H,1-4H3;4-7H,1-3H3,(H,12,14). The third-order valence-electron chi connectivity index (χ3n) is 3.84. The van der Waals surface area contributed by atoms with Crippen molar-refractivity contribution in [2.24, 2.45) is 0 Å². The second kappa shape index (κ2) is 11.8. The van der Waals surface area contributed by atoms with Gasteiger partial charge in [-0.05, 0) is 65.8 Å². The Morgan fingerprint density at radius 1 is 0.771 bits per heavy atom. The molecule has 0 heterocycles. The number of rotatable bonds is 4. The number of hydrogen-bond donors (Lipinski definition) is 1. The number of nitro benzene ring substituents is 2. The lowest BCUT2D eigenvalue weighted by molar-refractivity contribution is -0.385. The molecule has 0 aliphatic heterocycles. The van der Waals surface area contributed by atoms with Crippen LogP contribution in [-0.4, -0.2) is 40.3 Å². The number of amides is 2. The summed E-state index contributed by atoms with van der Waals surface area (Å²) in [5.41, 5.74) is -0.215. The Balaban J connectivity index is 0.000000351. The van der Waals surface area contributed by atoms with E-state index in [0.717, 1.165) is 0 Å². The van der Waals surface area contributed by atoms with E-state index in [4.69, 9.17) is 9.47 Å². The topological polar surface area (TPSA) is 154 Å². The van der Waals surface area contributed by atoms with Gasteiger partial charge in [0, 0.05) is 42.7 Å². The highest BCUT2D eigenvalue weighted by Gasteiger charge is 2.21. The van der Waals surface area contributed by atoms with Gasteiger partial charge < -0.3 is 9.47 Å². The molecule has 12 heteroatoms. The fourth-order valence-corrected chi connectivity index (χ4v) is 2.32. The number of non-ortho nitro benzene ring substituents is 2. The quantitative estimate of drug-likeness (QED) is 0.410. The van der Waals surface area contributed by atoms with E-state index in [9.17, 15) is 29.8 Å². The fraction of sp³-hybridized carbons (Fsp3) is 0.391. The van der Waals surface area contributed by atoms with Crippen LogP contribution in [0.3, 0.4) is 0 Å². The highest BCUT2D eigenvalue weighted by Crippen LogP contribution is 2.20. The third-order valence-corrected chi connectivity index (χ3v) is 3.84. The molecule has 0 saturated carbocycles. The van der Waals surface area contributed by atoms with Crippen molar-refractivity contribution in [3.63, 3.8) is 0 Å². The van der Waals surface area contributed by atoms with Crippen molar-refractivity contribution in [1.29, 1.82) is 0 Å².